The molecule has 0 saturated carbocycles. The zero-order chi connectivity index (χ0) is 12.0. The molecule has 1 aromatic rings. The lowest BCUT2D eigenvalue weighted by molar-refractivity contribution is 0.430. The molecule has 1 unspecified atom stereocenters. The van der Waals surface area contributed by atoms with E-state index in [0.717, 1.165) is 12.5 Å². The number of benzene rings is 1. The molecule has 1 aromatic carbocycles. The van der Waals surface area contributed by atoms with Crippen molar-refractivity contribution in [3.8, 4) is 0 Å². The summed E-state index contributed by atoms with van der Waals surface area (Å²) < 4.78 is 1.32. The monoisotopic (exact) mass is 331 g/mol. The molecule has 0 aliphatic heterocycles. The summed E-state index contributed by atoms with van der Waals surface area (Å²) in [5.74, 6) is 0.729. The molecule has 0 heterocycles. The van der Waals surface area contributed by atoms with E-state index in [0.29, 0.717) is 6.04 Å². The van der Waals surface area contributed by atoms with Gasteiger partial charge in [-0.15, -0.1) is 0 Å². The quantitative estimate of drug-likeness (QED) is 0.763. The van der Waals surface area contributed by atoms with Crippen molar-refractivity contribution in [2.75, 3.05) is 6.54 Å². The van der Waals surface area contributed by atoms with Gasteiger partial charge >= 0.3 is 0 Å². The molecule has 1 N–H and O–H groups in total. The van der Waals surface area contributed by atoms with Crippen LogP contribution in [0.2, 0.25) is 0 Å². The van der Waals surface area contributed by atoms with E-state index in [4.69, 9.17) is 0 Å². The molecule has 0 aliphatic rings. The maximum Gasteiger partial charge on any atom is 0.0323 e. The lowest BCUT2D eigenvalue weighted by Crippen LogP contribution is -2.23. The zero-order valence-corrected chi connectivity index (χ0v) is 12.6. The molecule has 0 bridgehead atoms. The van der Waals surface area contributed by atoms with Gasteiger partial charge < -0.3 is 5.32 Å². The van der Waals surface area contributed by atoms with E-state index in [1.54, 1.807) is 0 Å². The predicted molar refractivity (Wildman–Crippen MR) is 79.6 cm³/mol. The molecular weight excluding hydrogens is 309 g/mol. The molecule has 0 spiro atoms. The van der Waals surface area contributed by atoms with Crippen LogP contribution < -0.4 is 5.32 Å². The van der Waals surface area contributed by atoms with Gasteiger partial charge in [0.25, 0.3) is 0 Å². The number of hydrogen-bond donors (Lipinski definition) is 1. The molecule has 90 valence electrons. The van der Waals surface area contributed by atoms with Crippen LogP contribution in [0.1, 0.15) is 45.2 Å². The topological polar surface area (TPSA) is 12.0 Å². The van der Waals surface area contributed by atoms with Crippen molar-refractivity contribution in [2.45, 2.75) is 39.7 Å². The standard InChI is InChI=1S/C14H22IN/c1-4-8-16-14(9-11(2)3)12-6-5-7-13(15)10-12/h5-7,10-11,14,16H,4,8-9H2,1-3H3. The largest absolute Gasteiger partial charge is 0.310 e. The molecule has 0 aromatic heterocycles. The summed E-state index contributed by atoms with van der Waals surface area (Å²) >= 11 is 2.38. The van der Waals surface area contributed by atoms with Gasteiger partial charge in [-0.25, -0.2) is 0 Å². The molecule has 16 heavy (non-hydrogen) atoms. The number of hydrogen-bond acceptors (Lipinski definition) is 1. The third-order valence-corrected chi connectivity index (χ3v) is 3.27. The van der Waals surface area contributed by atoms with Crippen LogP contribution in [0.5, 0.6) is 0 Å². The Morgan fingerprint density at radius 2 is 2.06 bits per heavy atom. The first-order valence-electron chi connectivity index (χ1n) is 6.12. The van der Waals surface area contributed by atoms with Crippen molar-refractivity contribution in [1.82, 2.24) is 5.32 Å². The van der Waals surface area contributed by atoms with Crippen LogP contribution in [0, 0.1) is 9.49 Å². The first-order chi connectivity index (χ1) is 7.63. The van der Waals surface area contributed by atoms with Gasteiger partial charge in [-0.2, -0.15) is 0 Å². The third kappa shape index (κ3) is 4.83. The fourth-order valence-corrected chi connectivity index (χ4v) is 2.42. The summed E-state index contributed by atoms with van der Waals surface area (Å²) in [5, 5.41) is 3.64. The fourth-order valence-electron chi connectivity index (χ4n) is 1.85. The highest BCUT2D eigenvalue weighted by Gasteiger charge is 2.12. The van der Waals surface area contributed by atoms with Gasteiger partial charge in [0.15, 0.2) is 0 Å². The molecule has 0 amide bonds. The van der Waals surface area contributed by atoms with E-state index in [1.165, 1.54) is 22.0 Å². The molecule has 1 nitrogen and oxygen atoms in total. The van der Waals surface area contributed by atoms with Crippen LogP contribution in [0.3, 0.4) is 0 Å². The molecule has 0 aliphatic carbocycles. The van der Waals surface area contributed by atoms with Crippen molar-refractivity contribution >= 4 is 22.6 Å². The van der Waals surface area contributed by atoms with E-state index in [2.05, 4.69) is 72.9 Å². The number of rotatable bonds is 6. The van der Waals surface area contributed by atoms with Crippen LogP contribution >= 0.6 is 22.6 Å². The summed E-state index contributed by atoms with van der Waals surface area (Å²) in [6.07, 6.45) is 2.40. The molecule has 0 radical (unpaired) electrons. The minimum atomic E-state index is 0.509. The SMILES string of the molecule is CCCNC(CC(C)C)c1cccc(I)c1. The highest BCUT2D eigenvalue weighted by molar-refractivity contribution is 14.1. The van der Waals surface area contributed by atoms with E-state index in [9.17, 15) is 0 Å². The van der Waals surface area contributed by atoms with Gasteiger partial charge in [-0.05, 0) is 65.6 Å². The predicted octanol–water partition coefficient (Wildman–Crippen LogP) is 4.38. The maximum absolute atomic E-state index is 3.64. The molecular formula is C14H22IN. The Hall–Kier alpha value is -0.0900. The van der Waals surface area contributed by atoms with E-state index < -0.39 is 0 Å². The Balaban J connectivity index is 2.74. The zero-order valence-electron chi connectivity index (χ0n) is 10.5. The second-order valence-corrected chi connectivity index (χ2v) is 5.94. The van der Waals surface area contributed by atoms with Gasteiger partial charge in [0.05, 0.1) is 0 Å². The molecule has 1 rings (SSSR count). The second-order valence-electron chi connectivity index (χ2n) is 4.69. The average Bonchev–Trinajstić information content (AvgIpc) is 2.23. The Bertz CT molecular complexity index is 309. The molecule has 2 heteroatoms. The number of halogens is 1. The molecule has 0 saturated heterocycles. The Morgan fingerprint density at radius 1 is 1.31 bits per heavy atom. The summed E-state index contributed by atoms with van der Waals surface area (Å²) in [7, 11) is 0. The van der Waals surface area contributed by atoms with E-state index in [1.807, 2.05) is 0 Å². The Morgan fingerprint density at radius 3 is 2.62 bits per heavy atom. The fraction of sp³-hybridized carbons (Fsp3) is 0.571. The van der Waals surface area contributed by atoms with Gasteiger partial charge in [0, 0.05) is 9.61 Å². The summed E-state index contributed by atoms with van der Waals surface area (Å²) in [6, 6.07) is 9.33. The van der Waals surface area contributed by atoms with Crippen molar-refractivity contribution in [2.24, 2.45) is 5.92 Å². The van der Waals surface area contributed by atoms with Crippen molar-refractivity contribution in [3.05, 3.63) is 33.4 Å². The van der Waals surface area contributed by atoms with E-state index in [-0.39, 0.29) is 0 Å². The minimum Gasteiger partial charge on any atom is -0.310 e. The maximum atomic E-state index is 3.64. The molecule has 0 fully saturated rings. The average molecular weight is 331 g/mol. The van der Waals surface area contributed by atoms with Gasteiger partial charge in [-0.3, -0.25) is 0 Å². The van der Waals surface area contributed by atoms with Crippen molar-refractivity contribution < 1.29 is 0 Å². The van der Waals surface area contributed by atoms with Gasteiger partial charge in [0.2, 0.25) is 0 Å². The smallest absolute Gasteiger partial charge is 0.0323 e. The van der Waals surface area contributed by atoms with Crippen molar-refractivity contribution in [3.63, 3.8) is 0 Å². The van der Waals surface area contributed by atoms with Crippen LogP contribution in [0.4, 0.5) is 0 Å². The van der Waals surface area contributed by atoms with Gasteiger partial charge in [-0.1, -0.05) is 32.9 Å². The first kappa shape index (κ1) is 14.0. The second kappa shape index (κ2) is 7.28. The minimum absolute atomic E-state index is 0.509. The summed E-state index contributed by atoms with van der Waals surface area (Å²) in [4.78, 5) is 0. The van der Waals surface area contributed by atoms with E-state index >= 15 is 0 Å². The normalized spacial score (nSPS) is 13.1. The molecule has 1 atom stereocenters. The summed E-state index contributed by atoms with van der Waals surface area (Å²) in [6.45, 7) is 7.89. The lowest BCUT2D eigenvalue weighted by Gasteiger charge is -2.21. The van der Waals surface area contributed by atoms with Crippen LogP contribution in [-0.2, 0) is 0 Å². The Labute approximate surface area is 113 Å². The van der Waals surface area contributed by atoms with Crippen LogP contribution in [-0.4, -0.2) is 6.54 Å². The Kier molecular flexibility index (Phi) is 6.36. The van der Waals surface area contributed by atoms with Gasteiger partial charge in [0.1, 0.15) is 0 Å². The van der Waals surface area contributed by atoms with Crippen molar-refractivity contribution in [1.29, 1.82) is 0 Å². The highest BCUT2D eigenvalue weighted by atomic mass is 127. The van der Waals surface area contributed by atoms with Crippen LogP contribution in [0.25, 0.3) is 0 Å². The summed E-state index contributed by atoms with van der Waals surface area (Å²) in [5.41, 5.74) is 1.43. The third-order valence-electron chi connectivity index (χ3n) is 2.60. The first-order valence-corrected chi connectivity index (χ1v) is 7.20. The lowest BCUT2D eigenvalue weighted by atomic mass is 9.97. The number of nitrogens with one attached hydrogen (secondary N) is 1. The highest BCUT2D eigenvalue weighted by Crippen LogP contribution is 2.22. The van der Waals surface area contributed by atoms with Crippen LogP contribution in [0.15, 0.2) is 24.3 Å².